The highest BCUT2D eigenvalue weighted by Gasteiger charge is 2.35. The van der Waals surface area contributed by atoms with E-state index < -0.39 is 27.6 Å². The van der Waals surface area contributed by atoms with Crippen LogP contribution in [0.2, 0.25) is 0 Å². The van der Waals surface area contributed by atoms with E-state index >= 15 is 0 Å². The fraction of sp³-hybridized carbons (Fsp3) is 0.353. The van der Waals surface area contributed by atoms with Gasteiger partial charge >= 0.3 is 6.18 Å². The molecule has 0 radical (unpaired) electrons. The monoisotopic (exact) mass is 444 g/mol. The highest BCUT2D eigenvalue weighted by Crippen LogP contribution is 2.35. The van der Waals surface area contributed by atoms with Crippen LogP contribution in [0.25, 0.3) is 0 Å². The van der Waals surface area contributed by atoms with Crippen LogP contribution in [-0.2, 0) is 27.4 Å². The average Bonchev–Trinajstić information content (AvgIpc) is 3.01. The summed E-state index contributed by atoms with van der Waals surface area (Å²) < 4.78 is 63.8. The number of hydrogen-bond donors (Lipinski definition) is 3. The molecule has 0 saturated carbocycles. The summed E-state index contributed by atoms with van der Waals surface area (Å²) in [5.41, 5.74) is 0.636. The zero-order valence-electron chi connectivity index (χ0n) is 16.0. The second kappa shape index (κ2) is 8.07. The van der Waals surface area contributed by atoms with E-state index in [1.54, 1.807) is 18.2 Å². The number of rotatable bonds is 7. The number of carbonyl (C=O) groups is 1. The minimum absolute atomic E-state index is 0.0544. The predicted octanol–water partition coefficient (Wildman–Crippen LogP) is 2.04. The lowest BCUT2D eigenvalue weighted by Crippen LogP contribution is -2.31. The smallest absolute Gasteiger partial charge is 0.368 e. The number of halogens is 3. The summed E-state index contributed by atoms with van der Waals surface area (Å²) in [6.45, 7) is -0.152. The molecule has 0 aliphatic carbocycles. The predicted molar refractivity (Wildman–Crippen MR) is 105 cm³/mol. The largest absolute Gasteiger partial charge is 0.421 e. The van der Waals surface area contributed by atoms with Gasteiger partial charge in [-0.1, -0.05) is 12.1 Å². The Balaban J connectivity index is 1.83. The van der Waals surface area contributed by atoms with Crippen LogP contribution >= 0.6 is 0 Å². The quantitative estimate of drug-likeness (QED) is 0.598. The van der Waals surface area contributed by atoms with Crippen molar-refractivity contribution in [3.05, 3.63) is 35.5 Å². The lowest BCUT2D eigenvalue weighted by Gasteiger charge is -2.18. The van der Waals surface area contributed by atoms with Crippen LogP contribution in [0.15, 0.2) is 24.4 Å². The maximum absolute atomic E-state index is 13.3. The van der Waals surface area contributed by atoms with E-state index in [-0.39, 0.29) is 31.4 Å². The molecule has 1 aliphatic rings. The van der Waals surface area contributed by atoms with Crippen LogP contribution in [0.5, 0.6) is 0 Å². The maximum atomic E-state index is 13.3. The highest BCUT2D eigenvalue weighted by molar-refractivity contribution is 7.88. The normalized spacial score (nSPS) is 13.9. The second-order valence-corrected chi connectivity index (χ2v) is 8.74. The SMILES string of the molecule is CN(CCNc1nc(Nc2cccc3c2NC(=O)C3)ncc1C(F)(F)F)S(C)(=O)=O. The van der Waals surface area contributed by atoms with Crippen LogP contribution in [0.3, 0.4) is 0 Å². The topological polar surface area (TPSA) is 116 Å². The summed E-state index contributed by atoms with van der Waals surface area (Å²) in [6, 6.07) is 5.10. The molecule has 9 nitrogen and oxygen atoms in total. The number of hydrogen-bond acceptors (Lipinski definition) is 7. The minimum atomic E-state index is -4.70. The molecule has 0 atom stereocenters. The number of amides is 1. The standard InChI is InChI=1S/C17H19F3N6O3S/c1-26(30(2,28)29)7-6-21-15-11(17(18,19)20)9-22-16(25-15)23-12-5-3-4-10-8-13(27)24-14(10)12/h3-5,9H,6-8H2,1-2H3,(H,24,27)(H2,21,22,23,25). The lowest BCUT2D eigenvalue weighted by atomic mass is 10.1. The van der Waals surface area contributed by atoms with Crippen molar-refractivity contribution < 1.29 is 26.4 Å². The molecule has 3 N–H and O–H groups in total. The van der Waals surface area contributed by atoms with E-state index in [1.807, 2.05) is 0 Å². The minimum Gasteiger partial charge on any atom is -0.368 e. The number of fused-ring (bicyclic) bond motifs is 1. The molecule has 0 fully saturated rings. The number of nitrogens with zero attached hydrogens (tertiary/aromatic N) is 3. The van der Waals surface area contributed by atoms with Crippen molar-refractivity contribution in [2.45, 2.75) is 12.6 Å². The van der Waals surface area contributed by atoms with Gasteiger partial charge in [-0.15, -0.1) is 0 Å². The van der Waals surface area contributed by atoms with Crippen molar-refractivity contribution in [1.29, 1.82) is 0 Å². The Hall–Kier alpha value is -2.93. The van der Waals surface area contributed by atoms with E-state index in [9.17, 15) is 26.4 Å². The second-order valence-electron chi connectivity index (χ2n) is 6.65. The third kappa shape index (κ3) is 4.97. The molecule has 0 spiro atoms. The van der Waals surface area contributed by atoms with Gasteiger partial charge in [0.25, 0.3) is 0 Å². The summed E-state index contributed by atoms with van der Waals surface area (Å²) >= 11 is 0. The first-order valence-electron chi connectivity index (χ1n) is 8.73. The van der Waals surface area contributed by atoms with Crippen molar-refractivity contribution in [2.24, 2.45) is 0 Å². The molecule has 2 aromatic rings. The first-order valence-corrected chi connectivity index (χ1v) is 10.6. The van der Waals surface area contributed by atoms with E-state index in [2.05, 4.69) is 25.9 Å². The number of nitrogens with one attached hydrogen (secondary N) is 3. The average molecular weight is 444 g/mol. The number of likely N-dealkylation sites (N-methyl/N-ethyl adjacent to an activating group) is 1. The van der Waals surface area contributed by atoms with Gasteiger partial charge in [0.2, 0.25) is 21.9 Å². The van der Waals surface area contributed by atoms with Crippen LogP contribution in [-0.4, -0.2) is 55.0 Å². The van der Waals surface area contributed by atoms with Crippen molar-refractivity contribution in [1.82, 2.24) is 14.3 Å². The number of sulfonamides is 1. The summed E-state index contributed by atoms with van der Waals surface area (Å²) in [4.78, 5) is 19.2. The Labute approximate surface area is 170 Å². The van der Waals surface area contributed by atoms with Gasteiger partial charge in [-0.2, -0.15) is 18.2 Å². The van der Waals surface area contributed by atoms with Crippen LogP contribution in [0.1, 0.15) is 11.1 Å². The Kier molecular flexibility index (Phi) is 5.85. The third-order valence-electron chi connectivity index (χ3n) is 4.39. The third-order valence-corrected chi connectivity index (χ3v) is 5.71. The number of alkyl halides is 3. The number of benzene rings is 1. The van der Waals surface area contributed by atoms with Gasteiger partial charge in [-0.3, -0.25) is 4.79 Å². The summed E-state index contributed by atoms with van der Waals surface area (Å²) in [6.07, 6.45) is -2.86. The number of aromatic nitrogens is 2. The molecule has 1 aromatic heterocycles. The molecule has 1 aliphatic heterocycles. The van der Waals surface area contributed by atoms with Crippen LogP contribution < -0.4 is 16.0 Å². The first kappa shape index (κ1) is 21.8. The zero-order chi connectivity index (χ0) is 22.1. The Morgan fingerprint density at radius 1 is 1.30 bits per heavy atom. The van der Waals surface area contributed by atoms with Crippen LogP contribution in [0.4, 0.5) is 36.3 Å². The fourth-order valence-electron chi connectivity index (χ4n) is 2.76. The van der Waals surface area contributed by atoms with Gasteiger partial charge in [0, 0.05) is 26.3 Å². The van der Waals surface area contributed by atoms with E-state index in [0.717, 1.165) is 16.1 Å². The molecular weight excluding hydrogens is 425 g/mol. The molecule has 3 rings (SSSR count). The van der Waals surface area contributed by atoms with E-state index in [4.69, 9.17) is 0 Å². The van der Waals surface area contributed by atoms with Crippen LogP contribution in [0, 0.1) is 0 Å². The zero-order valence-corrected chi connectivity index (χ0v) is 16.9. The molecule has 162 valence electrons. The fourth-order valence-corrected chi connectivity index (χ4v) is 3.18. The molecule has 2 heterocycles. The van der Waals surface area contributed by atoms with Gasteiger partial charge < -0.3 is 16.0 Å². The number of para-hydroxylation sites is 1. The first-order chi connectivity index (χ1) is 13.9. The van der Waals surface area contributed by atoms with Gasteiger partial charge in [0.05, 0.1) is 24.1 Å². The summed E-state index contributed by atoms with van der Waals surface area (Å²) in [7, 11) is -2.15. The van der Waals surface area contributed by atoms with Gasteiger partial charge in [-0.25, -0.2) is 17.7 Å². The van der Waals surface area contributed by atoms with Crippen molar-refractivity contribution in [3.8, 4) is 0 Å². The molecule has 0 unspecified atom stereocenters. The van der Waals surface area contributed by atoms with E-state index in [0.29, 0.717) is 17.6 Å². The maximum Gasteiger partial charge on any atom is 0.421 e. The number of anilines is 4. The molecule has 0 saturated heterocycles. The molecule has 1 aromatic carbocycles. The lowest BCUT2D eigenvalue weighted by molar-refractivity contribution is -0.137. The van der Waals surface area contributed by atoms with Crippen molar-refractivity contribution >= 4 is 39.1 Å². The number of carbonyl (C=O) groups excluding carboxylic acids is 1. The summed E-state index contributed by atoms with van der Waals surface area (Å²) in [5, 5.41) is 8.02. The highest BCUT2D eigenvalue weighted by atomic mass is 32.2. The Morgan fingerprint density at radius 3 is 2.70 bits per heavy atom. The van der Waals surface area contributed by atoms with Gasteiger partial charge in [0.1, 0.15) is 11.4 Å². The molecular formula is C17H19F3N6O3S. The Morgan fingerprint density at radius 2 is 2.03 bits per heavy atom. The molecule has 1 amide bonds. The van der Waals surface area contributed by atoms with E-state index in [1.165, 1.54) is 7.05 Å². The van der Waals surface area contributed by atoms with Crippen molar-refractivity contribution in [2.75, 3.05) is 42.3 Å². The molecule has 13 heteroatoms. The Bertz CT molecular complexity index is 1070. The van der Waals surface area contributed by atoms with Gasteiger partial charge in [-0.05, 0) is 11.6 Å². The van der Waals surface area contributed by atoms with Gasteiger partial charge in [0.15, 0.2) is 0 Å². The molecule has 30 heavy (non-hydrogen) atoms. The molecule has 0 bridgehead atoms. The summed E-state index contributed by atoms with van der Waals surface area (Å²) in [5.74, 6) is -0.792. The van der Waals surface area contributed by atoms with Crippen molar-refractivity contribution in [3.63, 3.8) is 0 Å².